The molecular weight excluding hydrogens is 368 g/mol. The van der Waals surface area contributed by atoms with Crippen LogP contribution in [0.4, 0.5) is 0 Å². The van der Waals surface area contributed by atoms with Gasteiger partial charge in [0.2, 0.25) is 5.91 Å². The van der Waals surface area contributed by atoms with Crippen LogP contribution in [0.1, 0.15) is 51.0 Å². The van der Waals surface area contributed by atoms with Gasteiger partial charge in [-0.25, -0.2) is 0 Å². The molecule has 2 saturated heterocycles. The molecule has 29 heavy (non-hydrogen) atoms. The largest absolute Gasteiger partial charge is 0.376 e. The first kappa shape index (κ1) is 21.7. The maximum absolute atomic E-state index is 12.9. The van der Waals surface area contributed by atoms with Crippen LogP contribution in [0.15, 0.2) is 30.3 Å². The Balaban J connectivity index is 1.65. The number of nitrogens with two attached hydrogens (primary N) is 1. The Morgan fingerprint density at radius 3 is 2.66 bits per heavy atom. The molecule has 5 unspecified atom stereocenters. The first-order valence-corrected chi connectivity index (χ1v) is 10.9. The standard InChI is InChI=1S/C22H34N4O3/c1-3-17(23-2)20(27)25-18-11-7-10-16-12-13-19(26(16)22(18)29)21(28)24-14-15-8-5-4-6-9-15/h4-6,8-9,16-19,22-23,29H,3,7,10-14H2,1-2H3,(H,24,28)(H,25,27)/p+1. The van der Waals surface area contributed by atoms with Crippen LogP contribution in [0.25, 0.3) is 0 Å². The van der Waals surface area contributed by atoms with Crippen LogP contribution in [-0.4, -0.2) is 59.3 Å². The van der Waals surface area contributed by atoms with Gasteiger partial charge in [-0.3, -0.25) is 14.5 Å². The van der Waals surface area contributed by atoms with Gasteiger partial charge in [-0.1, -0.05) is 37.3 Å². The van der Waals surface area contributed by atoms with E-state index in [1.54, 1.807) is 0 Å². The molecule has 7 nitrogen and oxygen atoms in total. The second-order valence-corrected chi connectivity index (χ2v) is 8.21. The molecule has 2 heterocycles. The van der Waals surface area contributed by atoms with Crippen LogP contribution < -0.4 is 16.0 Å². The van der Waals surface area contributed by atoms with Crippen LogP contribution >= 0.6 is 0 Å². The molecule has 0 aromatic heterocycles. The Hall–Kier alpha value is -1.96. The van der Waals surface area contributed by atoms with E-state index >= 15 is 0 Å². The average molecular weight is 404 g/mol. The third kappa shape index (κ3) is 5.15. The number of quaternary nitrogens is 1. The summed E-state index contributed by atoms with van der Waals surface area (Å²) in [6, 6.07) is 9.18. The summed E-state index contributed by atoms with van der Waals surface area (Å²) in [5, 5.41) is 19.1. The Kier molecular flexibility index (Phi) is 7.64. The van der Waals surface area contributed by atoms with Crippen LogP contribution in [0, 0.1) is 0 Å². The lowest BCUT2D eigenvalue weighted by Crippen LogP contribution is -2.89. The van der Waals surface area contributed by atoms with Gasteiger partial charge in [-0.2, -0.15) is 0 Å². The fraction of sp³-hybridized carbons (Fsp3) is 0.636. The number of hydrogen-bond acceptors (Lipinski definition) is 4. The highest BCUT2D eigenvalue weighted by Gasteiger charge is 2.45. The molecule has 0 saturated carbocycles. The van der Waals surface area contributed by atoms with Gasteiger partial charge in [-0.05, 0) is 37.7 Å². The third-order valence-corrected chi connectivity index (χ3v) is 6.39. The van der Waals surface area contributed by atoms with Crippen molar-refractivity contribution < 1.29 is 20.0 Å². The highest BCUT2D eigenvalue weighted by molar-refractivity contribution is 5.82. The molecule has 0 spiro atoms. The summed E-state index contributed by atoms with van der Waals surface area (Å²) in [6.45, 7) is 2.47. The van der Waals surface area contributed by atoms with E-state index in [0.717, 1.165) is 44.1 Å². The van der Waals surface area contributed by atoms with Gasteiger partial charge in [0.15, 0.2) is 6.04 Å². The molecule has 5 N–H and O–H groups in total. The number of nitrogens with one attached hydrogen (secondary N) is 2. The Bertz CT molecular complexity index is 680. The smallest absolute Gasteiger partial charge is 0.278 e. The van der Waals surface area contributed by atoms with E-state index in [0.29, 0.717) is 6.54 Å². The van der Waals surface area contributed by atoms with Gasteiger partial charge in [-0.15, -0.1) is 0 Å². The molecule has 0 bridgehead atoms. The Labute approximate surface area is 173 Å². The molecule has 7 heteroatoms. The highest BCUT2D eigenvalue weighted by Crippen LogP contribution is 2.33. The van der Waals surface area contributed by atoms with E-state index in [-0.39, 0.29) is 36.0 Å². The summed E-state index contributed by atoms with van der Waals surface area (Å²) in [5.74, 6) is -0.0857. The highest BCUT2D eigenvalue weighted by atomic mass is 16.3. The molecule has 160 valence electrons. The van der Waals surface area contributed by atoms with E-state index in [2.05, 4.69) is 10.6 Å². The van der Waals surface area contributed by atoms with Gasteiger partial charge in [0, 0.05) is 19.0 Å². The molecule has 1 aromatic carbocycles. The van der Waals surface area contributed by atoms with E-state index in [9.17, 15) is 14.7 Å². The molecule has 3 rings (SSSR count). The van der Waals surface area contributed by atoms with E-state index in [1.807, 2.05) is 54.5 Å². The summed E-state index contributed by atoms with van der Waals surface area (Å²) in [7, 11) is 1.89. The molecule has 2 aliphatic heterocycles. The van der Waals surface area contributed by atoms with E-state index in [4.69, 9.17) is 0 Å². The monoisotopic (exact) mass is 403 g/mol. The first-order chi connectivity index (χ1) is 14.0. The van der Waals surface area contributed by atoms with Crippen molar-refractivity contribution in [3.05, 3.63) is 35.9 Å². The number of nitrogens with zero attached hydrogens (tertiary/aromatic N) is 1. The van der Waals surface area contributed by atoms with Gasteiger partial charge < -0.3 is 21.1 Å². The maximum Gasteiger partial charge on any atom is 0.278 e. The van der Waals surface area contributed by atoms with Crippen LogP contribution in [0.2, 0.25) is 0 Å². The third-order valence-electron chi connectivity index (χ3n) is 6.39. The zero-order valence-corrected chi connectivity index (χ0v) is 17.5. The number of fused-ring (bicyclic) bond motifs is 1. The molecule has 0 radical (unpaired) electrons. The summed E-state index contributed by atoms with van der Waals surface area (Å²) in [4.78, 5) is 27.4. The normalized spacial score (nSPS) is 28.2. The molecular formula is C22H35N4O3+. The summed E-state index contributed by atoms with van der Waals surface area (Å²) in [5.41, 5.74) is 1.05. The predicted octanol–water partition coefficient (Wildman–Crippen LogP) is 0.0947. The van der Waals surface area contributed by atoms with Gasteiger partial charge in [0.05, 0.1) is 19.1 Å². The van der Waals surface area contributed by atoms with Crippen LogP contribution in [0.5, 0.6) is 0 Å². The minimum atomic E-state index is -0.837. The number of aliphatic hydroxyl groups excluding tert-OH is 1. The number of benzene rings is 1. The Morgan fingerprint density at radius 2 is 1.97 bits per heavy atom. The Morgan fingerprint density at radius 1 is 1.21 bits per heavy atom. The number of carbonyl (C=O) groups is 2. The molecule has 2 fully saturated rings. The quantitative estimate of drug-likeness (QED) is 0.519. The summed E-state index contributed by atoms with van der Waals surface area (Å²) >= 11 is 0. The van der Waals surface area contributed by atoms with E-state index in [1.165, 1.54) is 0 Å². The molecule has 2 amide bonds. The second-order valence-electron chi connectivity index (χ2n) is 8.21. The number of aliphatic hydroxyl groups is 1. The molecule has 0 aliphatic carbocycles. The predicted molar refractivity (Wildman–Crippen MR) is 111 cm³/mol. The SMILES string of the molecule is CCC([NH2+]C)C(=O)NC1CCCC2CCC(C(=O)NCc3ccccc3)N2C1O. The van der Waals surface area contributed by atoms with Crippen molar-refractivity contribution in [2.45, 2.75) is 82.4 Å². The van der Waals surface area contributed by atoms with Gasteiger partial charge in [0.1, 0.15) is 6.23 Å². The first-order valence-electron chi connectivity index (χ1n) is 10.9. The molecule has 1 aromatic rings. The molecule has 2 aliphatic rings. The van der Waals surface area contributed by atoms with Crippen molar-refractivity contribution in [3.63, 3.8) is 0 Å². The number of rotatable bonds is 7. The van der Waals surface area contributed by atoms with Crippen LogP contribution in [0.3, 0.4) is 0 Å². The minimum Gasteiger partial charge on any atom is -0.376 e. The summed E-state index contributed by atoms with van der Waals surface area (Å²) in [6.07, 6.45) is 4.17. The van der Waals surface area contributed by atoms with Crippen molar-refractivity contribution in [2.75, 3.05) is 7.05 Å². The lowest BCUT2D eigenvalue weighted by molar-refractivity contribution is -0.650. The van der Waals surface area contributed by atoms with Gasteiger partial charge >= 0.3 is 0 Å². The number of likely N-dealkylation sites (N-methyl/N-ethyl adjacent to an activating group) is 1. The fourth-order valence-corrected chi connectivity index (χ4v) is 4.71. The lowest BCUT2D eigenvalue weighted by atomic mass is 10.0. The maximum atomic E-state index is 12.9. The van der Waals surface area contributed by atoms with Crippen LogP contribution in [-0.2, 0) is 16.1 Å². The fourth-order valence-electron chi connectivity index (χ4n) is 4.71. The van der Waals surface area contributed by atoms with Gasteiger partial charge in [0.25, 0.3) is 5.91 Å². The lowest BCUT2D eigenvalue weighted by Gasteiger charge is -2.35. The second kappa shape index (κ2) is 10.2. The van der Waals surface area contributed by atoms with Crippen molar-refractivity contribution in [2.24, 2.45) is 0 Å². The average Bonchev–Trinajstić information content (AvgIpc) is 3.10. The van der Waals surface area contributed by atoms with Crippen molar-refractivity contribution in [1.29, 1.82) is 0 Å². The number of carbonyl (C=O) groups excluding carboxylic acids is 2. The zero-order valence-electron chi connectivity index (χ0n) is 17.5. The minimum absolute atomic E-state index is 0.0400. The molecule has 5 atom stereocenters. The van der Waals surface area contributed by atoms with Crippen molar-refractivity contribution in [1.82, 2.24) is 15.5 Å². The number of amides is 2. The summed E-state index contributed by atoms with van der Waals surface area (Å²) < 4.78 is 0. The zero-order chi connectivity index (χ0) is 20.8. The number of hydrogen-bond donors (Lipinski definition) is 4. The van der Waals surface area contributed by atoms with Crippen molar-refractivity contribution >= 4 is 11.8 Å². The van der Waals surface area contributed by atoms with E-state index < -0.39 is 6.23 Å². The topological polar surface area (TPSA) is 98.3 Å². The van der Waals surface area contributed by atoms with Crippen molar-refractivity contribution in [3.8, 4) is 0 Å².